The summed E-state index contributed by atoms with van der Waals surface area (Å²) in [6.45, 7) is 7.53. The Labute approximate surface area is 126 Å². The molecule has 1 aromatic carbocycles. The molecule has 1 aromatic rings. The van der Waals surface area contributed by atoms with Crippen molar-refractivity contribution in [3.63, 3.8) is 0 Å². The van der Waals surface area contributed by atoms with Crippen molar-refractivity contribution in [2.45, 2.75) is 32.6 Å². The summed E-state index contributed by atoms with van der Waals surface area (Å²) in [6, 6.07) is 3.46. The lowest BCUT2D eigenvalue weighted by Crippen LogP contribution is -2.38. The molecule has 0 unspecified atom stereocenters. The molecule has 7 heteroatoms. The number of nitrogens with one attached hydrogen (secondary N) is 2. The quantitative estimate of drug-likeness (QED) is 0.680. The Hall–Kier alpha value is -1.60. The topological polar surface area (TPSA) is 101 Å². The molecular weight excluding hydrogens is 290 g/mol. The van der Waals surface area contributed by atoms with Gasteiger partial charge in [-0.2, -0.15) is 0 Å². The van der Waals surface area contributed by atoms with Gasteiger partial charge in [0.2, 0.25) is 15.9 Å². The maximum atomic E-state index is 12.3. The van der Waals surface area contributed by atoms with Crippen LogP contribution in [0.2, 0.25) is 0 Å². The van der Waals surface area contributed by atoms with Crippen molar-refractivity contribution in [2.24, 2.45) is 5.92 Å². The monoisotopic (exact) mass is 313 g/mol. The van der Waals surface area contributed by atoms with Crippen LogP contribution in [-0.4, -0.2) is 27.4 Å². The average Bonchev–Trinajstić information content (AvgIpc) is 2.38. The third kappa shape index (κ3) is 4.71. The van der Waals surface area contributed by atoms with Crippen LogP contribution in [0.15, 0.2) is 17.0 Å². The minimum absolute atomic E-state index is 0.0409. The van der Waals surface area contributed by atoms with Gasteiger partial charge in [0.1, 0.15) is 4.90 Å². The van der Waals surface area contributed by atoms with Crippen molar-refractivity contribution in [1.29, 1.82) is 0 Å². The van der Waals surface area contributed by atoms with Crippen LogP contribution in [0.4, 0.5) is 5.69 Å². The molecule has 6 nitrogen and oxygen atoms in total. The van der Waals surface area contributed by atoms with Crippen molar-refractivity contribution in [2.75, 3.05) is 18.8 Å². The second kappa shape index (κ2) is 6.91. The Morgan fingerprint density at radius 2 is 1.81 bits per heavy atom. The van der Waals surface area contributed by atoms with Gasteiger partial charge in [0.05, 0.1) is 12.2 Å². The molecule has 0 saturated heterocycles. The van der Waals surface area contributed by atoms with Gasteiger partial charge in [0.15, 0.2) is 0 Å². The van der Waals surface area contributed by atoms with Gasteiger partial charge in [-0.05, 0) is 30.9 Å². The minimum Gasteiger partial charge on any atom is -0.397 e. The largest absolute Gasteiger partial charge is 0.397 e. The van der Waals surface area contributed by atoms with Gasteiger partial charge in [-0.1, -0.05) is 26.0 Å². The normalized spacial score (nSPS) is 11.7. The molecule has 0 heterocycles. The summed E-state index contributed by atoms with van der Waals surface area (Å²) in [6.07, 6.45) is 0. The summed E-state index contributed by atoms with van der Waals surface area (Å²) in [5.41, 5.74) is 7.30. The number of hydrogen-bond acceptors (Lipinski definition) is 4. The van der Waals surface area contributed by atoms with Crippen LogP contribution in [0.3, 0.4) is 0 Å². The van der Waals surface area contributed by atoms with E-state index < -0.39 is 10.0 Å². The zero-order chi connectivity index (χ0) is 16.2. The van der Waals surface area contributed by atoms with Gasteiger partial charge in [-0.25, -0.2) is 13.1 Å². The summed E-state index contributed by atoms with van der Waals surface area (Å²) >= 11 is 0. The zero-order valence-electron chi connectivity index (χ0n) is 12.9. The predicted molar refractivity (Wildman–Crippen MR) is 83.4 cm³/mol. The van der Waals surface area contributed by atoms with Crippen LogP contribution < -0.4 is 15.8 Å². The fraction of sp³-hybridized carbons (Fsp3) is 0.500. The second-order valence-corrected chi connectivity index (χ2v) is 7.17. The number of sulfonamides is 1. The third-order valence-electron chi connectivity index (χ3n) is 3.01. The van der Waals surface area contributed by atoms with Crippen molar-refractivity contribution in [3.8, 4) is 0 Å². The van der Waals surface area contributed by atoms with Gasteiger partial charge in [-0.15, -0.1) is 0 Å². The van der Waals surface area contributed by atoms with Crippen molar-refractivity contribution in [1.82, 2.24) is 10.0 Å². The van der Waals surface area contributed by atoms with Crippen LogP contribution in [0.5, 0.6) is 0 Å². The highest BCUT2D eigenvalue weighted by molar-refractivity contribution is 7.89. The van der Waals surface area contributed by atoms with Gasteiger partial charge in [0.25, 0.3) is 0 Å². The molecule has 21 heavy (non-hydrogen) atoms. The maximum absolute atomic E-state index is 12.3. The molecule has 0 fully saturated rings. The number of carbonyl (C=O) groups is 1. The Balaban J connectivity index is 2.84. The van der Waals surface area contributed by atoms with Crippen LogP contribution in [0.25, 0.3) is 0 Å². The molecule has 1 rings (SSSR count). The van der Waals surface area contributed by atoms with Crippen LogP contribution in [0, 0.1) is 19.8 Å². The van der Waals surface area contributed by atoms with E-state index in [-0.39, 0.29) is 23.0 Å². The van der Waals surface area contributed by atoms with Gasteiger partial charge in [-0.3, -0.25) is 4.79 Å². The molecule has 0 spiro atoms. The van der Waals surface area contributed by atoms with Crippen LogP contribution >= 0.6 is 0 Å². The van der Waals surface area contributed by atoms with Gasteiger partial charge < -0.3 is 11.1 Å². The molecule has 0 atom stereocenters. The van der Waals surface area contributed by atoms with E-state index in [0.29, 0.717) is 23.6 Å². The SMILES string of the molecule is Cc1ccc(C)c(S(=O)(=O)NCC(=O)NCC(C)C)c1N. The van der Waals surface area contributed by atoms with Crippen molar-refractivity contribution >= 4 is 21.6 Å². The van der Waals surface area contributed by atoms with E-state index in [1.807, 2.05) is 13.8 Å². The first-order valence-electron chi connectivity index (χ1n) is 6.77. The fourth-order valence-electron chi connectivity index (χ4n) is 1.78. The van der Waals surface area contributed by atoms with Gasteiger partial charge in [0, 0.05) is 6.54 Å². The molecule has 0 radical (unpaired) electrons. The van der Waals surface area contributed by atoms with E-state index in [1.165, 1.54) is 0 Å². The van der Waals surface area contributed by atoms with E-state index >= 15 is 0 Å². The number of amides is 1. The Bertz CT molecular complexity index is 625. The van der Waals surface area contributed by atoms with E-state index in [0.717, 1.165) is 0 Å². The van der Waals surface area contributed by atoms with Crippen LogP contribution in [-0.2, 0) is 14.8 Å². The predicted octanol–water partition coefficient (Wildman–Crippen LogP) is 0.936. The lowest BCUT2D eigenvalue weighted by Gasteiger charge is -2.14. The highest BCUT2D eigenvalue weighted by Crippen LogP contribution is 2.25. The summed E-state index contributed by atoms with van der Waals surface area (Å²) in [7, 11) is -3.81. The molecule has 0 bridgehead atoms. The first-order chi connectivity index (χ1) is 9.65. The molecule has 0 aliphatic carbocycles. The summed E-state index contributed by atoms with van der Waals surface area (Å²) < 4.78 is 26.9. The minimum atomic E-state index is -3.81. The molecule has 118 valence electrons. The highest BCUT2D eigenvalue weighted by Gasteiger charge is 2.21. The molecule has 4 N–H and O–H groups in total. The number of nitrogen functional groups attached to an aromatic ring is 1. The fourth-order valence-corrected chi connectivity index (χ4v) is 3.18. The number of hydrogen-bond donors (Lipinski definition) is 3. The third-order valence-corrected chi connectivity index (χ3v) is 4.61. The lowest BCUT2D eigenvalue weighted by atomic mass is 10.1. The number of carbonyl (C=O) groups excluding carboxylic acids is 1. The maximum Gasteiger partial charge on any atom is 0.243 e. The van der Waals surface area contributed by atoms with Crippen molar-refractivity contribution < 1.29 is 13.2 Å². The Morgan fingerprint density at radius 3 is 2.38 bits per heavy atom. The smallest absolute Gasteiger partial charge is 0.243 e. The Morgan fingerprint density at radius 1 is 1.24 bits per heavy atom. The van der Waals surface area contributed by atoms with E-state index in [4.69, 9.17) is 5.73 Å². The number of benzene rings is 1. The highest BCUT2D eigenvalue weighted by atomic mass is 32.2. The standard InChI is InChI=1S/C14H23N3O3S/c1-9(2)7-16-12(18)8-17-21(19,20)14-11(4)6-5-10(3)13(14)15/h5-6,9,17H,7-8,15H2,1-4H3,(H,16,18). The molecular formula is C14H23N3O3S. The molecule has 0 aliphatic heterocycles. The van der Waals surface area contributed by atoms with E-state index in [1.54, 1.807) is 26.0 Å². The second-order valence-electron chi connectivity index (χ2n) is 5.46. The van der Waals surface area contributed by atoms with E-state index in [2.05, 4.69) is 10.0 Å². The summed E-state index contributed by atoms with van der Waals surface area (Å²) in [4.78, 5) is 11.6. The van der Waals surface area contributed by atoms with Gasteiger partial charge >= 0.3 is 0 Å². The molecule has 0 aromatic heterocycles. The first-order valence-corrected chi connectivity index (χ1v) is 8.25. The summed E-state index contributed by atoms with van der Waals surface area (Å²) in [5, 5.41) is 2.65. The number of nitrogens with two attached hydrogens (primary N) is 1. The Kier molecular flexibility index (Phi) is 5.74. The zero-order valence-corrected chi connectivity index (χ0v) is 13.7. The first kappa shape index (κ1) is 17.5. The molecule has 1 amide bonds. The lowest BCUT2D eigenvalue weighted by molar-refractivity contribution is -0.120. The number of rotatable bonds is 6. The average molecular weight is 313 g/mol. The molecule has 0 aliphatic rings. The number of anilines is 1. The molecule has 0 saturated carbocycles. The summed E-state index contributed by atoms with van der Waals surface area (Å²) in [5.74, 6) is -0.0589. The van der Waals surface area contributed by atoms with E-state index in [9.17, 15) is 13.2 Å². The number of aryl methyl sites for hydroxylation is 2. The van der Waals surface area contributed by atoms with Crippen LogP contribution in [0.1, 0.15) is 25.0 Å². The van der Waals surface area contributed by atoms with Crippen molar-refractivity contribution in [3.05, 3.63) is 23.3 Å².